The third-order valence-corrected chi connectivity index (χ3v) is 2.79. The zero-order valence-corrected chi connectivity index (χ0v) is 10.8. The first-order valence-corrected chi connectivity index (χ1v) is 5.80. The Labute approximate surface area is 106 Å². The Kier molecular flexibility index (Phi) is 4.76. The molecule has 0 aliphatic heterocycles. The molecular weight excluding hydrogens is 241 g/mol. The highest BCUT2D eigenvalue weighted by Crippen LogP contribution is 2.26. The van der Waals surface area contributed by atoms with Gasteiger partial charge in [0.25, 0.3) is 0 Å². The Bertz CT molecular complexity index is 388. The van der Waals surface area contributed by atoms with Crippen molar-refractivity contribution in [3.63, 3.8) is 0 Å². The van der Waals surface area contributed by atoms with Crippen molar-refractivity contribution in [1.29, 1.82) is 0 Å². The number of hydrogen-bond acceptors (Lipinski definition) is 2. The number of halogens is 3. The molecule has 1 rings (SSSR count). The minimum absolute atomic E-state index is 0.376. The summed E-state index contributed by atoms with van der Waals surface area (Å²) in [5.41, 5.74) is 7.66. The lowest BCUT2D eigenvalue weighted by atomic mass is 9.98. The largest absolute Gasteiger partial charge is 0.401 e. The fourth-order valence-electron chi connectivity index (χ4n) is 2.19. The van der Waals surface area contributed by atoms with Gasteiger partial charge >= 0.3 is 6.18 Å². The molecule has 0 bridgehead atoms. The van der Waals surface area contributed by atoms with Gasteiger partial charge in [0.15, 0.2) is 0 Å². The highest BCUT2D eigenvalue weighted by molar-refractivity contribution is 5.26. The molecule has 0 aliphatic carbocycles. The first-order valence-electron chi connectivity index (χ1n) is 5.80. The van der Waals surface area contributed by atoms with Gasteiger partial charge in [0.2, 0.25) is 0 Å². The van der Waals surface area contributed by atoms with Gasteiger partial charge in [-0.25, -0.2) is 0 Å². The highest BCUT2D eigenvalue weighted by atomic mass is 19.4. The van der Waals surface area contributed by atoms with Crippen LogP contribution in [-0.4, -0.2) is 30.7 Å². The smallest absolute Gasteiger partial charge is 0.326 e. The first-order chi connectivity index (χ1) is 8.20. The second-order valence-corrected chi connectivity index (χ2v) is 4.75. The van der Waals surface area contributed by atoms with E-state index < -0.39 is 18.8 Å². The molecule has 0 amide bonds. The van der Waals surface area contributed by atoms with Gasteiger partial charge in [0.05, 0.1) is 6.54 Å². The van der Waals surface area contributed by atoms with Gasteiger partial charge in [0.1, 0.15) is 0 Å². The van der Waals surface area contributed by atoms with E-state index in [1.165, 1.54) is 11.9 Å². The standard InChI is InChI=1S/C13H19F3N2/c1-9-5-4-6-11(7-9)12(10(2)17)18(3)8-13(14,15)16/h4-7,10,12H,8,17H2,1-3H3. The summed E-state index contributed by atoms with van der Waals surface area (Å²) in [5, 5.41) is 0. The summed E-state index contributed by atoms with van der Waals surface area (Å²) in [7, 11) is 1.45. The average molecular weight is 260 g/mol. The zero-order chi connectivity index (χ0) is 13.9. The van der Waals surface area contributed by atoms with E-state index in [1.807, 2.05) is 31.2 Å². The van der Waals surface area contributed by atoms with Crippen LogP contribution in [0.5, 0.6) is 0 Å². The number of likely N-dealkylation sites (N-methyl/N-ethyl adjacent to an activating group) is 1. The van der Waals surface area contributed by atoms with Crippen LogP contribution < -0.4 is 5.73 Å². The van der Waals surface area contributed by atoms with Gasteiger partial charge in [-0.3, -0.25) is 4.90 Å². The predicted octanol–water partition coefficient (Wildman–Crippen LogP) is 2.88. The number of nitrogens with zero attached hydrogens (tertiary/aromatic N) is 1. The van der Waals surface area contributed by atoms with Crippen LogP contribution in [0.15, 0.2) is 24.3 Å². The maximum Gasteiger partial charge on any atom is 0.401 e. The van der Waals surface area contributed by atoms with Crippen molar-refractivity contribution in [2.45, 2.75) is 32.1 Å². The average Bonchev–Trinajstić information content (AvgIpc) is 2.13. The maximum atomic E-state index is 12.4. The summed E-state index contributed by atoms with van der Waals surface area (Å²) in [4.78, 5) is 1.25. The number of alkyl halides is 3. The van der Waals surface area contributed by atoms with Crippen molar-refractivity contribution in [3.8, 4) is 0 Å². The molecule has 1 aromatic carbocycles. The molecule has 2 unspecified atom stereocenters. The van der Waals surface area contributed by atoms with Gasteiger partial charge < -0.3 is 5.73 Å². The van der Waals surface area contributed by atoms with E-state index in [9.17, 15) is 13.2 Å². The zero-order valence-electron chi connectivity index (χ0n) is 10.8. The lowest BCUT2D eigenvalue weighted by Crippen LogP contribution is -2.41. The third-order valence-electron chi connectivity index (χ3n) is 2.79. The molecule has 2 N–H and O–H groups in total. The normalized spacial score (nSPS) is 15.8. The summed E-state index contributed by atoms with van der Waals surface area (Å²) in [5.74, 6) is 0. The molecule has 0 spiro atoms. The van der Waals surface area contributed by atoms with E-state index >= 15 is 0 Å². The van der Waals surface area contributed by atoms with Crippen LogP contribution in [0, 0.1) is 6.92 Å². The molecular formula is C13H19F3N2. The molecule has 0 aromatic heterocycles. The lowest BCUT2D eigenvalue weighted by Gasteiger charge is -2.32. The van der Waals surface area contributed by atoms with Crippen molar-refractivity contribution in [2.75, 3.05) is 13.6 Å². The summed E-state index contributed by atoms with van der Waals surface area (Å²) < 4.78 is 37.3. The molecule has 0 saturated carbocycles. The van der Waals surface area contributed by atoms with E-state index in [0.717, 1.165) is 11.1 Å². The lowest BCUT2D eigenvalue weighted by molar-refractivity contribution is -0.148. The van der Waals surface area contributed by atoms with Crippen LogP contribution in [0.1, 0.15) is 24.1 Å². The fourth-order valence-corrected chi connectivity index (χ4v) is 2.19. The monoisotopic (exact) mass is 260 g/mol. The molecule has 2 nitrogen and oxygen atoms in total. The van der Waals surface area contributed by atoms with Crippen LogP contribution in [0.3, 0.4) is 0 Å². The van der Waals surface area contributed by atoms with Gasteiger partial charge in [-0.15, -0.1) is 0 Å². The number of rotatable bonds is 4. The Morgan fingerprint density at radius 2 is 1.94 bits per heavy atom. The molecule has 0 radical (unpaired) electrons. The molecule has 0 fully saturated rings. The van der Waals surface area contributed by atoms with Crippen LogP contribution in [0.25, 0.3) is 0 Å². The molecule has 102 valence electrons. The van der Waals surface area contributed by atoms with Crippen molar-refractivity contribution >= 4 is 0 Å². The molecule has 0 aliphatic rings. The van der Waals surface area contributed by atoms with E-state index in [4.69, 9.17) is 5.73 Å². The molecule has 0 saturated heterocycles. The van der Waals surface area contributed by atoms with Crippen LogP contribution >= 0.6 is 0 Å². The number of nitrogens with two attached hydrogens (primary N) is 1. The van der Waals surface area contributed by atoms with Gasteiger partial charge in [-0.05, 0) is 26.5 Å². The molecule has 0 heterocycles. The second kappa shape index (κ2) is 5.71. The van der Waals surface area contributed by atoms with Crippen molar-refractivity contribution in [2.24, 2.45) is 5.73 Å². The van der Waals surface area contributed by atoms with Crippen LogP contribution in [0.4, 0.5) is 13.2 Å². The number of benzene rings is 1. The van der Waals surface area contributed by atoms with E-state index in [0.29, 0.717) is 0 Å². The maximum absolute atomic E-state index is 12.4. The first kappa shape index (κ1) is 15.0. The summed E-state index contributed by atoms with van der Waals surface area (Å²) >= 11 is 0. The summed E-state index contributed by atoms with van der Waals surface area (Å²) in [6.45, 7) is 2.67. The SMILES string of the molecule is Cc1cccc(C(C(C)N)N(C)CC(F)(F)F)c1. The Balaban J connectivity index is 2.96. The van der Waals surface area contributed by atoms with Crippen LogP contribution in [0.2, 0.25) is 0 Å². The predicted molar refractivity (Wildman–Crippen MR) is 66.3 cm³/mol. The van der Waals surface area contributed by atoms with Gasteiger partial charge in [-0.2, -0.15) is 13.2 Å². The fraction of sp³-hybridized carbons (Fsp3) is 0.538. The molecule has 18 heavy (non-hydrogen) atoms. The highest BCUT2D eigenvalue weighted by Gasteiger charge is 2.33. The van der Waals surface area contributed by atoms with Crippen molar-refractivity contribution in [1.82, 2.24) is 4.90 Å². The molecule has 1 aromatic rings. The third kappa shape index (κ3) is 4.31. The second-order valence-electron chi connectivity index (χ2n) is 4.75. The van der Waals surface area contributed by atoms with Crippen molar-refractivity contribution in [3.05, 3.63) is 35.4 Å². The molecule has 5 heteroatoms. The number of aryl methyl sites for hydroxylation is 1. The summed E-state index contributed by atoms with van der Waals surface area (Å²) in [6, 6.07) is 6.62. The van der Waals surface area contributed by atoms with Crippen LogP contribution in [-0.2, 0) is 0 Å². The minimum atomic E-state index is -4.22. The van der Waals surface area contributed by atoms with E-state index in [2.05, 4.69) is 0 Å². The Morgan fingerprint density at radius 1 is 1.33 bits per heavy atom. The van der Waals surface area contributed by atoms with Gasteiger partial charge in [-0.1, -0.05) is 29.8 Å². The number of hydrogen-bond donors (Lipinski definition) is 1. The van der Waals surface area contributed by atoms with Gasteiger partial charge in [0, 0.05) is 12.1 Å². The minimum Gasteiger partial charge on any atom is -0.326 e. The summed E-state index contributed by atoms with van der Waals surface area (Å²) in [6.07, 6.45) is -4.22. The Hall–Kier alpha value is -1.07. The topological polar surface area (TPSA) is 29.3 Å². The quantitative estimate of drug-likeness (QED) is 0.902. The molecule has 2 atom stereocenters. The van der Waals surface area contributed by atoms with Crippen molar-refractivity contribution < 1.29 is 13.2 Å². The Morgan fingerprint density at radius 3 is 2.39 bits per heavy atom. The van der Waals surface area contributed by atoms with E-state index in [1.54, 1.807) is 6.92 Å². The van der Waals surface area contributed by atoms with E-state index in [-0.39, 0.29) is 6.04 Å².